The zero-order valence-electron chi connectivity index (χ0n) is 30.1. The Morgan fingerprint density at radius 2 is 1.24 bits per heavy atom. The van der Waals surface area contributed by atoms with E-state index in [2.05, 4.69) is 0 Å². The van der Waals surface area contributed by atoms with E-state index in [0.717, 1.165) is 0 Å². The third kappa shape index (κ3) is 3.87. The highest BCUT2D eigenvalue weighted by atomic mass is 16.7. The predicted molar refractivity (Wildman–Crippen MR) is 181 cm³/mol. The third-order valence-electron chi connectivity index (χ3n) is 13.9. The van der Waals surface area contributed by atoms with Crippen molar-refractivity contribution >= 4 is 34.8 Å². The molecule has 0 amide bonds. The summed E-state index contributed by atoms with van der Waals surface area (Å²) in [5.74, 6) is -2.30. The lowest BCUT2D eigenvalue weighted by Gasteiger charge is -2.45. The number of rotatable bonds is 5. The first-order valence-corrected chi connectivity index (χ1v) is 17.5. The summed E-state index contributed by atoms with van der Waals surface area (Å²) in [7, 11) is 0. The molecule has 6 atom stereocenters. The van der Waals surface area contributed by atoms with Gasteiger partial charge in [0.15, 0.2) is 12.2 Å². The standard InChI is InChI=1S/C40H42O11/c1-34(2)29(48-33(45)40-19-17-38(8,31(43)51-40)36(40,5)6)28(47-32(44)39-18-16-37(7,30(42)50-39)35(39,3)4)25-24(49-34)15-14-22-26(41)23(20-46-27(22)25)21-12-10-9-11-13-21/h9-15,20,28-29H,16-19H2,1-8H3/t28-,29-,37?,38?,39?,40?/m1/s1. The first-order valence-electron chi connectivity index (χ1n) is 17.5. The lowest BCUT2D eigenvalue weighted by molar-refractivity contribution is -0.217. The molecule has 4 unspecified atom stereocenters. The summed E-state index contributed by atoms with van der Waals surface area (Å²) < 4.78 is 37.2. The number of ether oxygens (including phenoxy) is 5. The van der Waals surface area contributed by atoms with Gasteiger partial charge in [-0.2, -0.15) is 0 Å². The molecule has 0 N–H and O–H groups in total. The van der Waals surface area contributed by atoms with Crippen molar-refractivity contribution in [3.8, 4) is 16.9 Å². The van der Waals surface area contributed by atoms with Gasteiger partial charge in [0.05, 0.1) is 27.3 Å². The molecule has 4 bridgehead atoms. The Kier molecular flexibility index (Phi) is 6.57. The summed E-state index contributed by atoms with van der Waals surface area (Å²) in [5, 5.41) is 0.194. The quantitative estimate of drug-likeness (QED) is 0.217. The zero-order chi connectivity index (χ0) is 36.7. The van der Waals surface area contributed by atoms with Gasteiger partial charge in [-0.15, -0.1) is 0 Å². The number of carbonyl (C=O) groups excluding carboxylic acids is 4. The fraction of sp³-hybridized carbons (Fsp3) is 0.525. The monoisotopic (exact) mass is 698 g/mol. The van der Waals surface area contributed by atoms with Crippen LogP contribution in [0.25, 0.3) is 22.1 Å². The van der Waals surface area contributed by atoms with E-state index in [1.807, 2.05) is 45.9 Å². The first-order chi connectivity index (χ1) is 23.8. The van der Waals surface area contributed by atoms with Gasteiger partial charge >= 0.3 is 23.9 Å². The van der Waals surface area contributed by atoms with Crippen molar-refractivity contribution in [3.05, 3.63) is 64.5 Å². The summed E-state index contributed by atoms with van der Waals surface area (Å²) >= 11 is 0. The maximum Gasteiger partial charge on any atom is 0.351 e. The fourth-order valence-electron chi connectivity index (χ4n) is 9.39. The van der Waals surface area contributed by atoms with Crippen LogP contribution >= 0.6 is 0 Å². The number of carbonyl (C=O) groups is 4. The molecule has 3 aromatic rings. The second-order valence-electron chi connectivity index (χ2n) is 16.9. The molecule has 2 saturated heterocycles. The minimum Gasteiger partial charge on any atom is -0.483 e. The minimum absolute atomic E-state index is 0.0854. The van der Waals surface area contributed by atoms with Crippen LogP contribution in [-0.2, 0) is 38.1 Å². The molecule has 2 saturated carbocycles. The molecule has 4 heterocycles. The van der Waals surface area contributed by atoms with Crippen molar-refractivity contribution in [1.29, 1.82) is 0 Å². The molecule has 2 aliphatic carbocycles. The Balaban J connectivity index is 1.28. The zero-order valence-corrected chi connectivity index (χ0v) is 30.1. The van der Waals surface area contributed by atoms with Crippen LogP contribution in [0.3, 0.4) is 0 Å². The van der Waals surface area contributed by atoms with Crippen molar-refractivity contribution < 1.29 is 47.3 Å². The van der Waals surface area contributed by atoms with Gasteiger partial charge in [-0.1, -0.05) is 58.0 Å². The maximum absolute atomic E-state index is 14.6. The van der Waals surface area contributed by atoms with Crippen LogP contribution < -0.4 is 10.2 Å². The molecule has 11 nitrogen and oxygen atoms in total. The second kappa shape index (κ2) is 10.0. The summed E-state index contributed by atoms with van der Waals surface area (Å²) in [6.07, 6.45) is -0.0290. The summed E-state index contributed by atoms with van der Waals surface area (Å²) in [5.41, 5.74) is -7.25. The number of hydrogen-bond acceptors (Lipinski definition) is 11. The third-order valence-corrected chi connectivity index (χ3v) is 13.9. The van der Waals surface area contributed by atoms with E-state index in [9.17, 15) is 24.0 Å². The molecule has 8 rings (SSSR count). The molecular formula is C40H42O11. The van der Waals surface area contributed by atoms with Crippen molar-refractivity contribution in [2.45, 2.75) is 110 Å². The number of benzene rings is 2. The van der Waals surface area contributed by atoms with Gasteiger partial charge < -0.3 is 28.1 Å². The van der Waals surface area contributed by atoms with E-state index in [0.29, 0.717) is 24.0 Å². The van der Waals surface area contributed by atoms with Crippen LogP contribution in [0, 0.1) is 21.7 Å². The molecular weight excluding hydrogens is 656 g/mol. The highest BCUT2D eigenvalue weighted by molar-refractivity contribution is 5.95. The molecule has 268 valence electrons. The average Bonchev–Trinajstić information content (AvgIpc) is 3.54. The smallest absolute Gasteiger partial charge is 0.351 e. The Hall–Kier alpha value is -4.67. The lowest BCUT2D eigenvalue weighted by Crippen LogP contribution is -2.57. The molecule has 2 aromatic carbocycles. The number of hydrogen-bond donors (Lipinski definition) is 0. The summed E-state index contributed by atoms with van der Waals surface area (Å²) in [6.45, 7) is 14.3. The van der Waals surface area contributed by atoms with Gasteiger partial charge in [0.2, 0.25) is 16.6 Å². The Bertz CT molecular complexity index is 2130. The van der Waals surface area contributed by atoms with E-state index in [-0.39, 0.29) is 40.6 Å². The van der Waals surface area contributed by atoms with Gasteiger partial charge in [0.25, 0.3) is 0 Å². The molecule has 11 heteroatoms. The normalized spacial score (nSPS) is 34.7. The van der Waals surface area contributed by atoms with Gasteiger partial charge in [-0.3, -0.25) is 14.4 Å². The van der Waals surface area contributed by atoms with Crippen LogP contribution in [-0.4, -0.2) is 46.8 Å². The molecule has 51 heavy (non-hydrogen) atoms. The molecule has 0 spiro atoms. The Labute approximate surface area is 294 Å². The second-order valence-corrected chi connectivity index (χ2v) is 16.9. The summed E-state index contributed by atoms with van der Waals surface area (Å²) in [6, 6.07) is 12.3. The SMILES string of the molecule is CC1(C)Oc2ccc3c(=O)c(-c4ccccc4)coc3c2[C@@H](OC(=O)C23CCC(C)(C(=O)O2)C3(C)C)[C@H]1OC(=O)C12CCC(C)(C(=O)O1)C2(C)C. The van der Waals surface area contributed by atoms with Crippen molar-refractivity contribution in [1.82, 2.24) is 0 Å². The Morgan fingerprint density at radius 3 is 1.75 bits per heavy atom. The minimum atomic E-state index is -1.61. The predicted octanol–water partition coefficient (Wildman–Crippen LogP) is 6.37. The van der Waals surface area contributed by atoms with Gasteiger partial charge in [-0.25, -0.2) is 9.59 Å². The first kappa shape index (κ1) is 33.5. The van der Waals surface area contributed by atoms with Gasteiger partial charge in [0, 0.05) is 10.8 Å². The molecule has 3 aliphatic heterocycles. The van der Waals surface area contributed by atoms with E-state index in [1.165, 1.54) is 6.26 Å². The summed E-state index contributed by atoms with van der Waals surface area (Å²) in [4.78, 5) is 69.4. The van der Waals surface area contributed by atoms with Crippen LogP contribution in [0.4, 0.5) is 0 Å². The average molecular weight is 699 g/mol. The van der Waals surface area contributed by atoms with Crippen molar-refractivity contribution in [3.63, 3.8) is 0 Å². The topological polar surface area (TPSA) is 145 Å². The van der Waals surface area contributed by atoms with Crippen LogP contribution in [0.1, 0.15) is 92.7 Å². The highest BCUT2D eigenvalue weighted by Crippen LogP contribution is 2.67. The Morgan fingerprint density at radius 1 is 0.686 bits per heavy atom. The van der Waals surface area contributed by atoms with Crippen molar-refractivity contribution in [2.75, 3.05) is 0 Å². The largest absolute Gasteiger partial charge is 0.483 e. The molecule has 1 aromatic heterocycles. The van der Waals surface area contributed by atoms with E-state index < -0.39 is 74.5 Å². The van der Waals surface area contributed by atoms with Crippen LogP contribution in [0.5, 0.6) is 5.75 Å². The maximum atomic E-state index is 14.6. The van der Waals surface area contributed by atoms with Crippen molar-refractivity contribution in [2.24, 2.45) is 21.7 Å². The van der Waals surface area contributed by atoms with E-state index in [1.54, 1.807) is 52.0 Å². The van der Waals surface area contributed by atoms with Gasteiger partial charge in [0.1, 0.15) is 23.2 Å². The number of esters is 4. The van der Waals surface area contributed by atoms with Crippen LogP contribution in [0.15, 0.2) is 57.9 Å². The van der Waals surface area contributed by atoms with Crippen LogP contribution in [0.2, 0.25) is 0 Å². The van der Waals surface area contributed by atoms with Gasteiger partial charge in [-0.05, 0) is 71.1 Å². The molecule has 0 radical (unpaired) electrons. The lowest BCUT2D eigenvalue weighted by atomic mass is 9.66. The molecule has 4 fully saturated rings. The van der Waals surface area contributed by atoms with E-state index >= 15 is 0 Å². The number of fused-ring (bicyclic) bond motifs is 7. The van der Waals surface area contributed by atoms with E-state index in [4.69, 9.17) is 28.1 Å². The fourth-order valence-corrected chi connectivity index (χ4v) is 9.39. The molecule has 5 aliphatic rings. The highest BCUT2D eigenvalue weighted by Gasteiger charge is 2.78.